The fourth-order valence-corrected chi connectivity index (χ4v) is 5.94. The van der Waals surface area contributed by atoms with Crippen molar-refractivity contribution in [2.75, 3.05) is 0 Å². The molecule has 0 radical (unpaired) electrons. The number of rotatable bonds is 2. The molecule has 3 rings (SSSR count). The first-order valence-electron chi connectivity index (χ1n) is 9.60. The lowest BCUT2D eigenvalue weighted by atomic mass is 9.52. The Morgan fingerprint density at radius 3 is 2.50 bits per heavy atom. The Labute approximate surface area is 146 Å². The molecule has 138 valence electrons. The number of esters is 1. The Morgan fingerprint density at radius 2 is 1.88 bits per heavy atom. The highest BCUT2D eigenvalue weighted by molar-refractivity contribution is 5.66. The van der Waals surface area contributed by atoms with Gasteiger partial charge in [-0.3, -0.25) is 4.79 Å². The molecule has 3 aliphatic rings. The molecule has 4 nitrogen and oxygen atoms in total. The summed E-state index contributed by atoms with van der Waals surface area (Å²) in [5, 5.41) is 11.7. The van der Waals surface area contributed by atoms with Gasteiger partial charge in [0.2, 0.25) is 6.29 Å². The summed E-state index contributed by atoms with van der Waals surface area (Å²) in [4.78, 5) is 11.3. The smallest absolute Gasteiger partial charge is 0.304 e. The Morgan fingerprint density at radius 1 is 1.17 bits per heavy atom. The number of fused-ring (bicyclic) bond motifs is 1. The van der Waals surface area contributed by atoms with Crippen LogP contribution in [0.5, 0.6) is 0 Å². The quantitative estimate of drug-likeness (QED) is 0.772. The maximum Gasteiger partial charge on any atom is 0.304 e. The Balaban J connectivity index is 1.77. The molecule has 4 heteroatoms. The van der Waals surface area contributed by atoms with Gasteiger partial charge in [0.15, 0.2) is 0 Å². The van der Waals surface area contributed by atoms with Crippen molar-refractivity contribution < 1.29 is 19.4 Å². The summed E-state index contributed by atoms with van der Waals surface area (Å²) in [7, 11) is 0. The number of ether oxygens (including phenoxy) is 2. The van der Waals surface area contributed by atoms with Crippen LogP contribution in [0, 0.1) is 22.7 Å². The molecule has 6 atom stereocenters. The highest BCUT2D eigenvalue weighted by Crippen LogP contribution is 2.58. The van der Waals surface area contributed by atoms with Crippen LogP contribution < -0.4 is 0 Å². The van der Waals surface area contributed by atoms with E-state index in [4.69, 9.17) is 9.47 Å². The average molecular weight is 338 g/mol. The lowest BCUT2D eigenvalue weighted by Crippen LogP contribution is -2.55. The maximum atomic E-state index is 11.7. The fourth-order valence-electron chi connectivity index (χ4n) is 5.94. The molecule has 0 amide bonds. The average Bonchev–Trinajstić information content (AvgIpc) is 2.72. The van der Waals surface area contributed by atoms with Crippen LogP contribution >= 0.6 is 0 Å². The van der Waals surface area contributed by atoms with Crippen molar-refractivity contribution in [3.05, 3.63) is 0 Å². The van der Waals surface area contributed by atoms with Gasteiger partial charge in [-0.1, -0.05) is 27.2 Å². The van der Waals surface area contributed by atoms with Crippen molar-refractivity contribution in [1.82, 2.24) is 0 Å². The Hall–Kier alpha value is -0.610. The molecule has 2 aliphatic carbocycles. The molecule has 0 bridgehead atoms. The molecule has 24 heavy (non-hydrogen) atoms. The molecule has 0 aromatic carbocycles. The second-order valence-corrected chi connectivity index (χ2v) is 9.68. The fraction of sp³-hybridized carbons (Fsp3) is 0.950. The van der Waals surface area contributed by atoms with Crippen molar-refractivity contribution in [3.8, 4) is 0 Å². The van der Waals surface area contributed by atoms with Crippen LogP contribution in [0.2, 0.25) is 0 Å². The number of carbonyl (C=O) groups is 1. The highest BCUT2D eigenvalue weighted by Gasteiger charge is 2.58. The van der Waals surface area contributed by atoms with Crippen molar-refractivity contribution >= 4 is 5.97 Å². The summed E-state index contributed by atoms with van der Waals surface area (Å²) in [6, 6.07) is 0. The summed E-state index contributed by atoms with van der Waals surface area (Å²) in [6.45, 7) is 10.4. The van der Waals surface area contributed by atoms with Crippen molar-refractivity contribution in [3.63, 3.8) is 0 Å². The van der Waals surface area contributed by atoms with E-state index in [1.807, 2.05) is 0 Å². The van der Waals surface area contributed by atoms with Crippen molar-refractivity contribution in [2.24, 2.45) is 22.7 Å². The first-order chi connectivity index (χ1) is 11.1. The number of carbonyl (C=O) groups excluding carboxylic acids is 1. The monoisotopic (exact) mass is 338 g/mol. The van der Waals surface area contributed by atoms with Crippen LogP contribution in [0.15, 0.2) is 0 Å². The minimum absolute atomic E-state index is 0.0288. The van der Waals surface area contributed by atoms with E-state index in [-0.39, 0.29) is 29.3 Å². The van der Waals surface area contributed by atoms with E-state index < -0.39 is 11.9 Å². The molecule has 1 aliphatic heterocycles. The predicted octanol–water partition coefficient (Wildman–Crippen LogP) is 4.05. The van der Waals surface area contributed by atoms with Gasteiger partial charge in [0.05, 0.1) is 11.7 Å². The van der Waals surface area contributed by atoms with Gasteiger partial charge >= 0.3 is 5.97 Å². The van der Waals surface area contributed by atoms with Gasteiger partial charge in [0.25, 0.3) is 0 Å². The van der Waals surface area contributed by atoms with Gasteiger partial charge in [0.1, 0.15) is 0 Å². The van der Waals surface area contributed by atoms with Crippen LogP contribution in [-0.4, -0.2) is 29.1 Å². The molecular weight excluding hydrogens is 304 g/mol. The van der Waals surface area contributed by atoms with E-state index in [2.05, 4.69) is 27.7 Å². The molecule has 0 aromatic heterocycles. The summed E-state index contributed by atoms with van der Waals surface area (Å²) in [5.41, 5.74) is -0.356. The van der Waals surface area contributed by atoms with E-state index >= 15 is 0 Å². The van der Waals surface area contributed by atoms with Crippen LogP contribution in [-0.2, 0) is 14.3 Å². The van der Waals surface area contributed by atoms with Gasteiger partial charge in [0, 0.05) is 12.8 Å². The topological polar surface area (TPSA) is 55.8 Å². The summed E-state index contributed by atoms with van der Waals surface area (Å²) < 4.78 is 11.3. The summed E-state index contributed by atoms with van der Waals surface area (Å²) in [6.07, 6.45) is 6.66. The zero-order valence-electron chi connectivity index (χ0n) is 15.9. The van der Waals surface area contributed by atoms with Gasteiger partial charge in [-0.15, -0.1) is 0 Å². The van der Waals surface area contributed by atoms with E-state index in [0.29, 0.717) is 5.41 Å². The lowest BCUT2D eigenvalue weighted by molar-refractivity contribution is -0.182. The molecule has 2 saturated carbocycles. The van der Waals surface area contributed by atoms with Gasteiger partial charge in [-0.2, -0.15) is 0 Å². The number of hydrogen-bond acceptors (Lipinski definition) is 4. The standard InChI is InChI=1S/C20H34O4/c1-13-16-11-20(22,19(5)9-6-8-18(3,4)12-19)10-7-15(16)17(23-13)24-14(2)21/h13,15-17,22H,6-12H2,1-5H3/t13-,15-,16-,17+,19?,20-/m1/s1. The van der Waals surface area contributed by atoms with E-state index in [1.54, 1.807) is 0 Å². The largest absolute Gasteiger partial charge is 0.436 e. The minimum Gasteiger partial charge on any atom is -0.436 e. The summed E-state index contributed by atoms with van der Waals surface area (Å²) in [5.74, 6) is 0.217. The van der Waals surface area contributed by atoms with E-state index in [9.17, 15) is 9.90 Å². The molecule has 0 aromatic rings. The van der Waals surface area contributed by atoms with Crippen LogP contribution in [0.25, 0.3) is 0 Å². The molecule has 1 unspecified atom stereocenters. The molecule has 1 heterocycles. The first kappa shape index (κ1) is 18.2. The second-order valence-electron chi connectivity index (χ2n) is 9.68. The third-order valence-corrected chi connectivity index (χ3v) is 7.17. The SMILES string of the molecule is CC(=O)O[C@@H]1O[C@H](C)[C@H]2C[C@@](O)(C3(C)CCCC(C)(C)C3)CC[C@@H]12. The molecule has 0 spiro atoms. The third-order valence-electron chi connectivity index (χ3n) is 7.17. The Bertz CT molecular complexity index is 502. The minimum atomic E-state index is -0.630. The normalized spacial score (nSPS) is 47.9. The zero-order chi connectivity index (χ0) is 17.8. The first-order valence-corrected chi connectivity index (χ1v) is 9.60. The van der Waals surface area contributed by atoms with Gasteiger partial charge in [-0.05, 0) is 62.2 Å². The van der Waals surface area contributed by atoms with Crippen LogP contribution in [0.1, 0.15) is 79.6 Å². The predicted molar refractivity (Wildman–Crippen MR) is 92.2 cm³/mol. The molecule has 1 saturated heterocycles. The molecule has 1 N–H and O–H groups in total. The number of aliphatic hydroxyl groups is 1. The second kappa shape index (κ2) is 5.98. The number of hydrogen-bond donors (Lipinski definition) is 1. The van der Waals surface area contributed by atoms with Crippen molar-refractivity contribution in [1.29, 1.82) is 0 Å². The van der Waals surface area contributed by atoms with E-state index in [0.717, 1.165) is 32.1 Å². The maximum absolute atomic E-state index is 11.7. The van der Waals surface area contributed by atoms with Crippen LogP contribution in [0.4, 0.5) is 0 Å². The van der Waals surface area contributed by atoms with Gasteiger partial charge < -0.3 is 14.6 Å². The molecule has 3 fully saturated rings. The summed E-state index contributed by atoms with van der Waals surface area (Å²) >= 11 is 0. The van der Waals surface area contributed by atoms with E-state index in [1.165, 1.54) is 19.8 Å². The third kappa shape index (κ3) is 3.12. The Kier molecular flexibility index (Phi) is 4.53. The van der Waals surface area contributed by atoms with Gasteiger partial charge in [-0.25, -0.2) is 0 Å². The lowest BCUT2D eigenvalue weighted by Gasteiger charge is -2.55. The highest BCUT2D eigenvalue weighted by atomic mass is 16.7. The molecular formula is C20H34O4. The van der Waals surface area contributed by atoms with Crippen LogP contribution in [0.3, 0.4) is 0 Å². The van der Waals surface area contributed by atoms with Crippen molar-refractivity contribution in [2.45, 2.75) is 97.6 Å². The zero-order valence-corrected chi connectivity index (χ0v) is 15.9.